The van der Waals surface area contributed by atoms with Gasteiger partial charge in [0.2, 0.25) is 0 Å². The van der Waals surface area contributed by atoms with Crippen molar-refractivity contribution in [3.8, 4) is 0 Å². The van der Waals surface area contributed by atoms with Crippen LogP contribution in [0.5, 0.6) is 0 Å². The summed E-state index contributed by atoms with van der Waals surface area (Å²) in [5.74, 6) is 0.244. The molecule has 112 valence electrons. The smallest absolute Gasteiger partial charge is 0.258 e. The van der Waals surface area contributed by atoms with Crippen molar-refractivity contribution in [2.75, 3.05) is 17.2 Å². The molecular weight excluding hydrogens is 272 g/mol. The number of hydrogen-bond acceptors (Lipinski definition) is 5. The molecule has 6 heteroatoms. The number of hydrogen-bond donors (Lipinski definition) is 2. The molecule has 1 aliphatic rings. The number of anilines is 2. The van der Waals surface area contributed by atoms with E-state index < -0.39 is 0 Å². The van der Waals surface area contributed by atoms with E-state index in [0.717, 1.165) is 24.4 Å². The van der Waals surface area contributed by atoms with E-state index in [1.54, 1.807) is 0 Å². The predicted molar refractivity (Wildman–Crippen MR) is 84.4 cm³/mol. The summed E-state index contributed by atoms with van der Waals surface area (Å²) in [6.45, 7) is 7.05. The van der Waals surface area contributed by atoms with E-state index >= 15 is 0 Å². The van der Waals surface area contributed by atoms with Gasteiger partial charge in [0.25, 0.3) is 5.91 Å². The molecule has 1 aliphatic carbocycles. The first-order chi connectivity index (χ1) is 9.54. The van der Waals surface area contributed by atoms with Crippen molar-refractivity contribution in [1.82, 2.24) is 9.69 Å². The third-order valence-corrected chi connectivity index (χ3v) is 4.25. The summed E-state index contributed by atoms with van der Waals surface area (Å²) < 4.78 is 4.20. The second kappa shape index (κ2) is 6.43. The van der Waals surface area contributed by atoms with E-state index in [1.807, 2.05) is 13.8 Å². The highest BCUT2D eigenvalue weighted by atomic mass is 32.1. The number of nitrogens with zero attached hydrogens (tertiary/aromatic N) is 2. The van der Waals surface area contributed by atoms with Gasteiger partial charge in [0.15, 0.2) is 5.82 Å². The van der Waals surface area contributed by atoms with Gasteiger partial charge in [-0.1, -0.05) is 13.3 Å². The fourth-order valence-electron chi connectivity index (χ4n) is 2.20. The lowest BCUT2D eigenvalue weighted by Gasteiger charge is -2.23. The lowest BCUT2D eigenvalue weighted by atomic mass is 10.2. The van der Waals surface area contributed by atoms with Crippen molar-refractivity contribution in [3.05, 3.63) is 5.56 Å². The minimum atomic E-state index is -0.108. The number of aromatic nitrogens is 1. The molecule has 1 saturated carbocycles. The summed E-state index contributed by atoms with van der Waals surface area (Å²) in [5.41, 5.74) is 6.48. The fourth-order valence-corrected chi connectivity index (χ4v) is 3.11. The van der Waals surface area contributed by atoms with Gasteiger partial charge in [-0.05, 0) is 44.6 Å². The van der Waals surface area contributed by atoms with E-state index in [-0.39, 0.29) is 11.9 Å². The summed E-state index contributed by atoms with van der Waals surface area (Å²) in [4.78, 5) is 14.7. The van der Waals surface area contributed by atoms with Crippen LogP contribution in [0.25, 0.3) is 0 Å². The fraction of sp³-hybridized carbons (Fsp3) is 0.714. The van der Waals surface area contributed by atoms with Crippen LogP contribution in [0.2, 0.25) is 0 Å². The summed E-state index contributed by atoms with van der Waals surface area (Å²) in [6, 6.07) is 0.659. The number of unbranched alkanes of at least 4 members (excludes halogenated alkanes) is 1. The molecular formula is C14H24N4OS. The Morgan fingerprint density at radius 1 is 1.55 bits per heavy atom. The van der Waals surface area contributed by atoms with Crippen LogP contribution in [0.4, 0.5) is 10.8 Å². The Bertz CT molecular complexity index is 468. The molecule has 0 radical (unpaired) electrons. The van der Waals surface area contributed by atoms with Gasteiger partial charge in [-0.25, -0.2) is 0 Å². The molecule has 1 aromatic heterocycles. The first-order valence-electron chi connectivity index (χ1n) is 7.37. The number of nitrogens with one attached hydrogen (secondary N) is 1. The molecule has 3 N–H and O–H groups in total. The van der Waals surface area contributed by atoms with Crippen LogP contribution in [0.1, 0.15) is 56.8 Å². The molecule has 0 aromatic carbocycles. The van der Waals surface area contributed by atoms with E-state index in [0.29, 0.717) is 17.4 Å². The lowest BCUT2D eigenvalue weighted by molar-refractivity contribution is 0.0944. The standard InChI is InChI=1S/C14H24N4OS/c1-4-5-8-18(10-6-7-10)14-11(12(15)17-20-14)13(19)16-9(2)3/h9-10H,4-8H2,1-3H3,(H2,15,17)(H,16,19). The molecule has 1 fully saturated rings. The van der Waals surface area contributed by atoms with Crippen LogP contribution < -0.4 is 16.0 Å². The van der Waals surface area contributed by atoms with Crippen molar-refractivity contribution in [3.63, 3.8) is 0 Å². The Morgan fingerprint density at radius 2 is 2.25 bits per heavy atom. The Morgan fingerprint density at radius 3 is 2.80 bits per heavy atom. The average Bonchev–Trinajstić information content (AvgIpc) is 3.13. The van der Waals surface area contributed by atoms with E-state index in [9.17, 15) is 4.79 Å². The van der Waals surface area contributed by atoms with E-state index in [4.69, 9.17) is 5.73 Å². The molecule has 0 atom stereocenters. The van der Waals surface area contributed by atoms with Gasteiger partial charge in [0.05, 0.1) is 0 Å². The lowest BCUT2D eigenvalue weighted by Crippen LogP contribution is -2.33. The summed E-state index contributed by atoms with van der Waals surface area (Å²) in [7, 11) is 0. The Balaban J connectivity index is 2.23. The Labute approximate surface area is 124 Å². The van der Waals surface area contributed by atoms with E-state index in [2.05, 4.69) is 21.5 Å². The van der Waals surface area contributed by atoms with Gasteiger partial charge in [0, 0.05) is 18.6 Å². The summed E-state index contributed by atoms with van der Waals surface area (Å²) >= 11 is 1.35. The number of nitrogen functional groups attached to an aromatic ring is 1. The van der Waals surface area contributed by atoms with Gasteiger partial charge in [-0.15, -0.1) is 0 Å². The maximum absolute atomic E-state index is 12.3. The number of carbonyl (C=O) groups is 1. The van der Waals surface area contributed by atoms with Crippen molar-refractivity contribution in [2.24, 2.45) is 0 Å². The Kier molecular flexibility index (Phi) is 4.86. The highest BCUT2D eigenvalue weighted by molar-refractivity contribution is 7.11. The molecule has 1 amide bonds. The highest BCUT2D eigenvalue weighted by Gasteiger charge is 2.33. The molecule has 0 saturated heterocycles. The maximum atomic E-state index is 12.3. The topological polar surface area (TPSA) is 71.2 Å². The molecule has 0 spiro atoms. The Hall–Kier alpha value is -1.30. The molecule has 20 heavy (non-hydrogen) atoms. The third kappa shape index (κ3) is 3.42. The predicted octanol–water partition coefficient (Wildman–Crippen LogP) is 2.63. The molecule has 0 bridgehead atoms. The molecule has 5 nitrogen and oxygen atoms in total. The van der Waals surface area contributed by atoms with Gasteiger partial charge < -0.3 is 16.0 Å². The molecule has 1 heterocycles. The quantitative estimate of drug-likeness (QED) is 0.811. The van der Waals surface area contributed by atoms with Crippen molar-refractivity contribution in [2.45, 2.75) is 58.5 Å². The van der Waals surface area contributed by atoms with Crippen molar-refractivity contribution in [1.29, 1.82) is 0 Å². The van der Waals surface area contributed by atoms with Crippen LogP contribution in [-0.2, 0) is 0 Å². The highest BCUT2D eigenvalue weighted by Crippen LogP contribution is 2.38. The normalized spacial score (nSPS) is 14.6. The van der Waals surface area contributed by atoms with Gasteiger partial charge in [-0.2, -0.15) is 4.37 Å². The van der Waals surface area contributed by atoms with E-state index in [1.165, 1.54) is 24.4 Å². The monoisotopic (exact) mass is 296 g/mol. The minimum absolute atomic E-state index is 0.0969. The number of carbonyl (C=O) groups excluding carboxylic acids is 1. The van der Waals surface area contributed by atoms with Crippen LogP contribution in [-0.4, -0.2) is 28.9 Å². The molecule has 1 aromatic rings. The van der Waals surface area contributed by atoms with Crippen LogP contribution in [0.3, 0.4) is 0 Å². The molecule has 0 aliphatic heterocycles. The van der Waals surface area contributed by atoms with Crippen LogP contribution in [0, 0.1) is 0 Å². The van der Waals surface area contributed by atoms with Gasteiger partial charge >= 0.3 is 0 Å². The SMILES string of the molecule is CCCCN(c1snc(N)c1C(=O)NC(C)C)C1CC1. The zero-order chi connectivity index (χ0) is 14.7. The third-order valence-electron chi connectivity index (χ3n) is 3.35. The van der Waals surface area contributed by atoms with Crippen molar-refractivity contribution < 1.29 is 4.79 Å². The van der Waals surface area contributed by atoms with Gasteiger partial charge in [0.1, 0.15) is 10.6 Å². The summed E-state index contributed by atoms with van der Waals surface area (Å²) in [6.07, 6.45) is 4.67. The summed E-state index contributed by atoms with van der Waals surface area (Å²) in [5, 5.41) is 3.86. The maximum Gasteiger partial charge on any atom is 0.258 e. The first kappa shape index (κ1) is 15.1. The number of amides is 1. The minimum Gasteiger partial charge on any atom is -0.382 e. The van der Waals surface area contributed by atoms with Crippen molar-refractivity contribution >= 4 is 28.3 Å². The van der Waals surface area contributed by atoms with Gasteiger partial charge in [-0.3, -0.25) is 4.79 Å². The second-order valence-electron chi connectivity index (χ2n) is 5.65. The molecule has 0 unspecified atom stereocenters. The zero-order valence-corrected chi connectivity index (χ0v) is 13.3. The second-order valence-corrected chi connectivity index (χ2v) is 6.41. The number of rotatable bonds is 7. The van der Waals surface area contributed by atoms with Crippen LogP contribution in [0.15, 0.2) is 0 Å². The zero-order valence-electron chi connectivity index (χ0n) is 12.5. The largest absolute Gasteiger partial charge is 0.382 e. The number of nitrogens with two attached hydrogens (primary N) is 1. The average molecular weight is 296 g/mol. The van der Waals surface area contributed by atoms with Crippen LogP contribution >= 0.6 is 11.5 Å². The molecule has 2 rings (SSSR count). The first-order valence-corrected chi connectivity index (χ1v) is 8.14.